The zero-order chi connectivity index (χ0) is 20.9. The lowest BCUT2D eigenvalue weighted by atomic mass is 9.83. The molecule has 0 amide bonds. The van der Waals surface area contributed by atoms with E-state index < -0.39 is 0 Å². The predicted molar refractivity (Wildman–Crippen MR) is 121 cm³/mol. The second-order valence-corrected chi connectivity index (χ2v) is 8.04. The van der Waals surface area contributed by atoms with Crippen LogP contribution >= 0.6 is 0 Å². The summed E-state index contributed by atoms with van der Waals surface area (Å²) < 4.78 is 0. The van der Waals surface area contributed by atoms with Crippen LogP contribution in [0.5, 0.6) is 11.5 Å². The van der Waals surface area contributed by atoms with Gasteiger partial charge < -0.3 is 15.3 Å². The topological polar surface area (TPSA) is 60.7 Å². The molecule has 3 aromatic rings. The first-order chi connectivity index (χ1) is 14.7. The van der Waals surface area contributed by atoms with E-state index in [4.69, 9.17) is 0 Å². The molecule has 0 bridgehead atoms. The van der Waals surface area contributed by atoms with E-state index in [1.165, 1.54) is 0 Å². The van der Waals surface area contributed by atoms with E-state index >= 15 is 0 Å². The highest BCUT2D eigenvalue weighted by molar-refractivity contribution is 5.80. The summed E-state index contributed by atoms with van der Waals surface area (Å²) in [6, 6.07) is 22.0. The fourth-order valence-electron chi connectivity index (χ4n) is 4.41. The molecule has 0 aromatic heterocycles. The molecule has 3 aromatic carbocycles. The molecular formula is C27H28O3. The van der Waals surface area contributed by atoms with Gasteiger partial charge in [-0.15, -0.1) is 0 Å². The molecule has 3 N–H and O–H groups in total. The number of aliphatic hydroxyl groups excluding tert-OH is 1. The van der Waals surface area contributed by atoms with E-state index in [2.05, 4.69) is 0 Å². The summed E-state index contributed by atoms with van der Waals surface area (Å²) in [5.41, 5.74) is 6.16. The van der Waals surface area contributed by atoms with Crippen LogP contribution in [0.2, 0.25) is 0 Å². The number of allylic oxidation sites excluding steroid dienone is 1. The molecule has 0 aliphatic heterocycles. The van der Waals surface area contributed by atoms with E-state index in [0.29, 0.717) is 18.4 Å². The summed E-state index contributed by atoms with van der Waals surface area (Å²) in [6.07, 6.45) is 4.77. The predicted octanol–water partition coefficient (Wildman–Crippen LogP) is 5.60. The molecule has 1 aliphatic rings. The van der Waals surface area contributed by atoms with Crippen molar-refractivity contribution < 1.29 is 15.3 Å². The van der Waals surface area contributed by atoms with Gasteiger partial charge in [0.15, 0.2) is 0 Å². The zero-order valence-corrected chi connectivity index (χ0v) is 17.1. The molecule has 0 saturated carbocycles. The third-order valence-electron chi connectivity index (χ3n) is 5.98. The maximum Gasteiger partial charge on any atom is 0.130 e. The van der Waals surface area contributed by atoms with Gasteiger partial charge in [0, 0.05) is 12.8 Å². The molecule has 154 valence electrons. The zero-order valence-electron chi connectivity index (χ0n) is 17.1. The standard InChI is InChI=1S/C27H28O3/c28-18-21-13-7-8-14-24(21)25-26(29)22(15-19-9-3-1-4-10-19)17-23(27(25)30)16-20-11-5-2-6-12-20/h1-6,9-12,17,28-30H,7-8,13-16,18H2. The Kier molecular flexibility index (Phi) is 6.20. The third kappa shape index (κ3) is 4.27. The average Bonchev–Trinajstić information content (AvgIpc) is 2.79. The smallest absolute Gasteiger partial charge is 0.130 e. The summed E-state index contributed by atoms with van der Waals surface area (Å²) in [6.45, 7) is -0.0366. The van der Waals surface area contributed by atoms with E-state index in [1.54, 1.807) is 0 Å². The first-order valence-electron chi connectivity index (χ1n) is 10.6. The number of rotatable bonds is 6. The van der Waals surface area contributed by atoms with Gasteiger partial charge in [-0.3, -0.25) is 0 Å². The highest BCUT2D eigenvalue weighted by Crippen LogP contribution is 2.45. The number of hydrogen-bond donors (Lipinski definition) is 3. The summed E-state index contributed by atoms with van der Waals surface area (Å²) >= 11 is 0. The molecule has 0 unspecified atom stereocenters. The van der Waals surface area contributed by atoms with Gasteiger partial charge in [0.25, 0.3) is 0 Å². The maximum atomic E-state index is 11.2. The number of aromatic hydroxyl groups is 2. The minimum atomic E-state index is -0.0366. The van der Waals surface area contributed by atoms with Gasteiger partial charge >= 0.3 is 0 Å². The van der Waals surface area contributed by atoms with Crippen molar-refractivity contribution in [3.63, 3.8) is 0 Å². The van der Waals surface area contributed by atoms with Crippen LogP contribution in [0.25, 0.3) is 5.57 Å². The summed E-state index contributed by atoms with van der Waals surface area (Å²) in [4.78, 5) is 0. The maximum absolute atomic E-state index is 11.2. The van der Waals surface area contributed by atoms with Crippen molar-refractivity contribution in [2.45, 2.75) is 38.5 Å². The van der Waals surface area contributed by atoms with Crippen LogP contribution in [0.3, 0.4) is 0 Å². The van der Waals surface area contributed by atoms with Crippen molar-refractivity contribution in [3.8, 4) is 11.5 Å². The van der Waals surface area contributed by atoms with Crippen LogP contribution in [0.15, 0.2) is 72.3 Å². The quantitative estimate of drug-likeness (QED) is 0.505. The molecule has 0 heterocycles. The van der Waals surface area contributed by atoms with Gasteiger partial charge in [0.05, 0.1) is 12.2 Å². The molecule has 4 rings (SSSR count). The first kappa shape index (κ1) is 20.2. The van der Waals surface area contributed by atoms with Crippen LogP contribution < -0.4 is 0 Å². The minimum Gasteiger partial charge on any atom is -0.507 e. The lowest BCUT2D eigenvalue weighted by Crippen LogP contribution is -2.06. The summed E-state index contributed by atoms with van der Waals surface area (Å²) in [7, 11) is 0. The van der Waals surface area contributed by atoms with Gasteiger partial charge in [0.1, 0.15) is 11.5 Å². The Labute approximate surface area is 178 Å². The van der Waals surface area contributed by atoms with E-state index in [0.717, 1.165) is 59.1 Å². The van der Waals surface area contributed by atoms with Crippen molar-refractivity contribution >= 4 is 5.57 Å². The third-order valence-corrected chi connectivity index (χ3v) is 5.98. The molecule has 0 spiro atoms. The summed E-state index contributed by atoms with van der Waals surface area (Å²) in [5, 5.41) is 32.3. The molecule has 0 saturated heterocycles. The van der Waals surface area contributed by atoms with Gasteiger partial charge in [-0.25, -0.2) is 0 Å². The van der Waals surface area contributed by atoms with E-state index in [9.17, 15) is 15.3 Å². The molecule has 3 heteroatoms. The van der Waals surface area contributed by atoms with Gasteiger partial charge in [-0.05, 0) is 65.1 Å². The second-order valence-electron chi connectivity index (χ2n) is 8.04. The number of phenols is 2. The highest BCUT2D eigenvalue weighted by Gasteiger charge is 2.24. The van der Waals surface area contributed by atoms with Crippen LogP contribution in [0.4, 0.5) is 0 Å². The average molecular weight is 401 g/mol. The first-order valence-corrected chi connectivity index (χ1v) is 10.6. The Hall–Kier alpha value is -3.04. The van der Waals surface area contributed by atoms with E-state index in [1.807, 2.05) is 66.7 Å². The lowest BCUT2D eigenvalue weighted by Gasteiger charge is -2.23. The summed E-state index contributed by atoms with van der Waals surface area (Å²) in [5.74, 6) is 0.270. The second kappa shape index (κ2) is 9.19. The number of phenolic OH excluding ortho intramolecular Hbond substituents is 2. The number of benzene rings is 3. The lowest BCUT2D eigenvalue weighted by molar-refractivity contribution is 0.324. The van der Waals surface area contributed by atoms with Crippen molar-refractivity contribution in [3.05, 3.63) is 100 Å². The van der Waals surface area contributed by atoms with Crippen LogP contribution in [-0.2, 0) is 12.8 Å². The molecule has 0 radical (unpaired) electrons. The van der Waals surface area contributed by atoms with Gasteiger partial charge in [-0.1, -0.05) is 60.7 Å². The molecule has 30 heavy (non-hydrogen) atoms. The fraction of sp³-hybridized carbons (Fsp3) is 0.259. The molecule has 0 fully saturated rings. The van der Waals surface area contributed by atoms with E-state index in [-0.39, 0.29) is 18.1 Å². The van der Waals surface area contributed by atoms with Crippen molar-refractivity contribution in [2.24, 2.45) is 0 Å². The molecule has 0 atom stereocenters. The number of hydrogen-bond acceptors (Lipinski definition) is 3. The van der Waals surface area contributed by atoms with Crippen molar-refractivity contribution in [2.75, 3.05) is 6.61 Å². The Morgan fingerprint density at radius 3 is 1.67 bits per heavy atom. The Bertz CT molecular complexity index is 971. The van der Waals surface area contributed by atoms with Crippen LogP contribution in [-0.4, -0.2) is 21.9 Å². The molecular weight excluding hydrogens is 372 g/mol. The SMILES string of the molecule is OCC1=C(c2c(O)c(Cc3ccccc3)cc(Cc3ccccc3)c2O)CCCC1. The Balaban J connectivity index is 1.86. The van der Waals surface area contributed by atoms with Crippen molar-refractivity contribution in [1.29, 1.82) is 0 Å². The Morgan fingerprint density at radius 2 is 1.17 bits per heavy atom. The fourth-order valence-corrected chi connectivity index (χ4v) is 4.41. The number of aliphatic hydroxyl groups is 1. The monoisotopic (exact) mass is 400 g/mol. The molecule has 1 aliphatic carbocycles. The Morgan fingerprint density at radius 1 is 0.667 bits per heavy atom. The molecule has 3 nitrogen and oxygen atoms in total. The highest BCUT2D eigenvalue weighted by atomic mass is 16.3. The van der Waals surface area contributed by atoms with Gasteiger partial charge in [-0.2, -0.15) is 0 Å². The van der Waals surface area contributed by atoms with Gasteiger partial charge in [0.2, 0.25) is 0 Å². The minimum absolute atomic E-state index is 0.0366. The largest absolute Gasteiger partial charge is 0.507 e. The van der Waals surface area contributed by atoms with Crippen LogP contribution in [0, 0.1) is 0 Å². The van der Waals surface area contributed by atoms with Crippen molar-refractivity contribution in [1.82, 2.24) is 0 Å². The van der Waals surface area contributed by atoms with Crippen LogP contribution in [0.1, 0.15) is 53.5 Å². The normalized spacial score (nSPS) is 14.2.